The number of carbonyl (C=O) groups excluding carboxylic acids is 1. The highest BCUT2D eigenvalue weighted by atomic mass is 19.1. The van der Waals surface area contributed by atoms with E-state index in [9.17, 15) is 9.18 Å². The van der Waals surface area contributed by atoms with Gasteiger partial charge < -0.3 is 11.5 Å². The van der Waals surface area contributed by atoms with Crippen LogP contribution in [0.3, 0.4) is 0 Å². The third-order valence-corrected chi connectivity index (χ3v) is 3.39. The smallest absolute Gasteiger partial charge is 0.234 e. The largest absolute Gasteiger partial charge is 0.396 e. The number of nitrogens with zero attached hydrogens (tertiary/aromatic N) is 1. The van der Waals surface area contributed by atoms with Crippen LogP contribution in [-0.4, -0.2) is 23.4 Å². The van der Waals surface area contributed by atoms with Gasteiger partial charge in [-0.15, -0.1) is 0 Å². The maximum atomic E-state index is 13.4. The van der Waals surface area contributed by atoms with Gasteiger partial charge >= 0.3 is 0 Å². The van der Waals surface area contributed by atoms with Crippen molar-refractivity contribution in [3.8, 4) is 0 Å². The summed E-state index contributed by atoms with van der Waals surface area (Å²) in [6.45, 7) is 1.35. The van der Waals surface area contributed by atoms with Crippen molar-refractivity contribution >= 4 is 11.6 Å². The first-order valence-electron chi connectivity index (χ1n) is 6.15. The zero-order valence-electron chi connectivity index (χ0n) is 10.2. The number of hydrogen-bond donors (Lipinski definition) is 2. The maximum Gasteiger partial charge on any atom is 0.234 e. The SMILES string of the molecule is NC(=O)C1CCCCN1Cc1ccc(N)c(F)c1. The minimum absolute atomic E-state index is 0.142. The van der Waals surface area contributed by atoms with Gasteiger partial charge in [0, 0.05) is 6.54 Å². The quantitative estimate of drug-likeness (QED) is 0.794. The van der Waals surface area contributed by atoms with Crippen LogP contribution in [0, 0.1) is 5.82 Å². The predicted molar refractivity (Wildman–Crippen MR) is 68.1 cm³/mol. The molecule has 0 bridgehead atoms. The second-order valence-electron chi connectivity index (χ2n) is 4.74. The van der Waals surface area contributed by atoms with Crippen molar-refractivity contribution in [1.82, 2.24) is 4.90 Å². The third-order valence-electron chi connectivity index (χ3n) is 3.39. The molecule has 0 spiro atoms. The van der Waals surface area contributed by atoms with E-state index in [0.29, 0.717) is 6.54 Å². The van der Waals surface area contributed by atoms with Crippen LogP contribution in [0.2, 0.25) is 0 Å². The van der Waals surface area contributed by atoms with Gasteiger partial charge in [-0.25, -0.2) is 4.39 Å². The fourth-order valence-corrected chi connectivity index (χ4v) is 2.41. The number of nitrogens with two attached hydrogens (primary N) is 2. The van der Waals surface area contributed by atoms with Gasteiger partial charge in [-0.3, -0.25) is 9.69 Å². The molecule has 1 unspecified atom stereocenters. The number of rotatable bonds is 3. The Hall–Kier alpha value is -1.62. The molecule has 1 atom stereocenters. The highest BCUT2D eigenvalue weighted by molar-refractivity contribution is 5.79. The van der Waals surface area contributed by atoms with Gasteiger partial charge in [-0.05, 0) is 37.1 Å². The number of halogens is 1. The Kier molecular flexibility index (Phi) is 3.81. The van der Waals surface area contributed by atoms with E-state index in [1.165, 1.54) is 6.07 Å². The molecule has 4 N–H and O–H groups in total. The molecule has 1 aliphatic heterocycles. The molecule has 1 heterocycles. The van der Waals surface area contributed by atoms with Crippen LogP contribution in [0.25, 0.3) is 0 Å². The van der Waals surface area contributed by atoms with Crippen LogP contribution in [0.4, 0.5) is 10.1 Å². The summed E-state index contributed by atoms with van der Waals surface area (Å²) in [7, 11) is 0. The lowest BCUT2D eigenvalue weighted by Gasteiger charge is -2.33. The normalized spacial score (nSPS) is 20.8. The minimum atomic E-state index is -0.417. The second kappa shape index (κ2) is 5.35. The first-order valence-corrected chi connectivity index (χ1v) is 6.15. The van der Waals surface area contributed by atoms with Gasteiger partial charge in [0.05, 0.1) is 11.7 Å². The Bertz CT molecular complexity index is 450. The molecule has 1 aliphatic rings. The molecule has 0 saturated carbocycles. The number of likely N-dealkylation sites (tertiary alicyclic amines) is 1. The summed E-state index contributed by atoms with van der Waals surface area (Å²) in [5.74, 6) is -0.717. The summed E-state index contributed by atoms with van der Waals surface area (Å²) in [4.78, 5) is 13.4. The summed E-state index contributed by atoms with van der Waals surface area (Å²) in [5, 5.41) is 0. The lowest BCUT2D eigenvalue weighted by atomic mass is 10.0. The van der Waals surface area contributed by atoms with Crippen LogP contribution in [0.1, 0.15) is 24.8 Å². The third kappa shape index (κ3) is 2.79. The van der Waals surface area contributed by atoms with E-state index < -0.39 is 5.82 Å². The Morgan fingerprint density at radius 2 is 2.22 bits per heavy atom. The fourth-order valence-electron chi connectivity index (χ4n) is 2.41. The first kappa shape index (κ1) is 12.8. The molecule has 1 amide bonds. The second-order valence-corrected chi connectivity index (χ2v) is 4.74. The molecule has 0 aromatic heterocycles. The summed E-state index contributed by atoms with van der Waals surface area (Å²) < 4.78 is 13.4. The van der Waals surface area contributed by atoms with Gasteiger partial charge in [0.2, 0.25) is 5.91 Å². The van der Waals surface area contributed by atoms with E-state index in [4.69, 9.17) is 11.5 Å². The van der Waals surface area contributed by atoms with Crippen LogP contribution < -0.4 is 11.5 Å². The van der Waals surface area contributed by atoms with Crippen molar-refractivity contribution < 1.29 is 9.18 Å². The average molecular weight is 251 g/mol. The number of carbonyl (C=O) groups is 1. The van der Waals surface area contributed by atoms with Crippen LogP contribution in [0.5, 0.6) is 0 Å². The summed E-state index contributed by atoms with van der Waals surface area (Å²) in [6.07, 6.45) is 2.84. The Morgan fingerprint density at radius 3 is 2.89 bits per heavy atom. The number of hydrogen-bond acceptors (Lipinski definition) is 3. The molecule has 1 fully saturated rings. The number of nitrogen functional groups attached to an aromatic ring is 1. The highest BCUT2D eigenvalue weighted by Crippen LogP contribution is 2.20. The standard InChI is InChI=1S/C13H18FN3O/c14-10-7-9(4-5-11(10)15)8-17-6-2-1-3-12(17)13(16)18/h4-5,7,12H,1-3,6,8,15H2,(H2,16,18). The van der Waals surface area contributed by atoms with Crippen LogP contribution >= 0.6 is 0 Å². The lowest BCUT2D eigenvalue weighted by molar-refractivity contribution is -0.124. The molecule has 1 aromatic rings. The maximum absolute atomic E-state index is 13.4. The van der Waals surface area contributed by atoms with Crippen LogP contribution in [0.15, 0.2) is 18.2 Å². The van der Waals surface area contributed by atoms with Gasteiger partial charge in [0.15, 0.2) is 0 Å². The molecule has 0 radical (unpaired) electrons. The molecular formula is C13H18FN3O. The molecule has 4 nitrogen and oxygen atoms in total. The molecule has 98 valence electrons. The van der Waals surface area contributed by atoms with E-state index in [1.54, 1.807) is 12.1 Å². The van der Waals surface area contributed by atoms with Gasteiger partial charge in [-0.1, -0.05) is 12.5 Å². The molecule has 18 heavy (non-hydrogen) atoms. The topological polar surface area (TPSA) is 72.4 Å². The van der Waals surface area contributed by atoms with E-state index in [0.717, 1.165) is 31.4 Å². The van der Waals surface area contributed by atoms with Gasteiger partial charge in [0.1, 0.15) is 5.82 Å². The van der Waals surface area contributed by atoms with Gasteiger partial charge in [-0.2, -0.15) is 0 Å². The molecule has 1 aromatic carbocycles. The highest BCUT2D eigenvalue weighted by Gasteiger charge is 2.26. The zero-order valence-corrected chi connectivity index (χ0v) is 10.2. The average Bonchev–Trinajstić information content (AvgIpc) is 2.34. The molecule has 0 aliphatic carbocycles. The van der Waals surface area contributed by atoms with Crippen molar-refractivity contribution in [2.75, 3.05) is 12.3 Å². The number of primary amides is 1. The number of benzene rings is 1. The van der Waals surface area contributed by atoms with Crippen molar-refractivity contribution in [1.29, 1.82) is 0 Å². The van der Waals surface area contributed by atoms with E-state index in [1.807, 2.05) is 4.90 Å². The van der Waals surface area contributed by atoms with Crippen LogP contribution in [-0.2, 0) is 11.3 Å². The summed E-state index contributed by atoms with van der Waals surface area (Å²) in [6, 6.07) is 4.51. The van der Waals surface area contributed by atoms with E-state index in [-0.39, 0.29) is 17.6 Å². The van der Waals surface area contributed by atoms with Crippen molar-refractivity contribution in [3.05, 3.63) is 29.6 Å². The Balaban J connectivity index is 2.10. The fraction of sp³-hybridized carbons (Fsp3) is 0.462. The monoisotopic (exact) mass is 251 g/mol. The van der Waals surface area contributed by atoms with E-state index in [2.05, 4.69) is 0 Å². The van der Waals surface area contributed by atoms with Crippen molar-refractivity contribution in [3.63, 3.8) is 0 Å². The minimum Gasteiger partial charge on any atom is -0.396 e. The molecule has 1 saturated heterocycles. The zero-order chi connectivity index (χ0) is 13.1. The lowest BCUT2D eigenvalue weighted by Crippen LogP contribution is -2.47. The van der Waals surface area contributed by atoms with Crippen molar-refractivity contribution in [2.24, 2.45) is 5.73 Å². The molecule has 5 heteroatoms. The predicted octanol–water partition coefficient (Wildman–Crippen LogP) is 1.25. The Morgan fingerprint density at radius 1 is 1.44 bits per heavy atom. The number of amides is 1. The molecule has 2 rings (SSSR count). The Labute approximate surface area is 106 Å². The van der Waals surface area contributed by atoms with E-state index >= 15 is 0 Å². The summed E-state index contributed by atoms with van der Waals surface area (Å²) >= 11 is 0. The van der Waals surface area contributed by atoms with Crippen molar-refractivity contribution in [2.45, 2.75) is 31.8 Å². The number of piperidine rings is 1. The summed E-state index contributed by atoms with van der Waals surface area (Å²) in [5.41, 5.74) is 11.8. The van der Waals surface area contributed by atoms with Gasteiger partial charge in [0.25, 0.3) is 0 Å². The number of anilines is 1. The first-order chi connectivity index (χ1) is 8.58. The molecular weight excluding hydrogens is 233 g/mol.